The third kappa shape index (κ3) is 2.06. The highest BCUT2D eigenvalue weighted by Crippen LogP contribution is 2.33. The van der Waals surface area contributed by atoms with Crippen LogP contribution in [0.1, 0.15) is 12.8 Å². The first-order chi connectivity index (χ1) is 7.36. The number of aliphatic hydroxyl groups excluding tert-OH is 5. The largest absolute Gasteiger partial charge is 0.387 e. The molecule has 0 bridgehead atoms. The van der Waals surface area contributed by atoms with Crippen molar-refractivity contribution in [1.82, 2.24) is 0 Å². The van der Waals surface area contributed by atoms with E-state index in [4.69, 9.17) is 0 Å². The van der Waals surface area contributed by atoms with Gasteiger partial charge in [-0.2, -0.15) is 0 Å². The van der Waals surface area contributed by atoms with Crippen LogP contribution < -0.4 is 0 Å². The minimum Gasteiger partial charge on any atom is -0.387 e. The molecule has 1 aliphatic carbocycles. The second-order valence-corrected chi connectivity index (χ2v) is 4.15. The fraction of sp³-hybridized carbons (Fsp3) is 1.00. The van der Waals surface area contributed by atoms with Crippen LogP contribution in [-0.2, 0) is 0 Å². The summed E-state index contributed by atoms with van der Waals surface area (Å²) in [4.78, 5) is 0. The maximum absolute atomic E-state index is 12.0. The summed E-state index contributed by atoms with van der Waals surface area (Å²) in [5.74, 6) is 0. The molecule has 0 aromatic rings. The van der Waals surface area contributed by atoms with Gasteiger partial charge in [0.15, 0.2) is 0 Å². The Morgan fingerprint density at radius 2 is 1.31 bits per heavy atom. The lowest BCUT2D eigenvalue weighted by atomic mass is 9.72. The molecule has 96 valence electrons. The molecule has 6 nitrogen and oxygen atoms in total. The molecular weight excluding hydrogens is 223 g/mol. The van der Waals surface area contributed by atoms with Crippen molar-refractivity contribution in [2.75, 3.05) is 6.67 Å². The number of halogens is 1. The Balaban J connectivity index is 2.88. The zero-order chi connectivity index (χ0) is 12.5. The molecule has 16 heavy (non-hydrogen) atoms. The van der Waals surface area contributed by atoms with Crippen molar-refractivity contribution in [3.8, 4) is 0 Å². The van der Waals surface area contributed by atoms with Gasteiger partial charge in [-0.1, -0.05) is 0 Å². The second kappa shape index (κ2) is 4.91. The van der Waals surface area contributed by atoms with Gasteiger partial charge in [-0.3, -0.25) is 4.39 Å². The highest BCUT2D eigenvalue weighted by molar-refractivity contribution is 5.08. The molecule has 0 saturated heterocycles. The van der Waals surface area contributed by atoms with Gasteiger partial charge in [0.05, 0.1) is 6.67 Å². The SMILES string of the molecule is OC1C(O)C(O)C(O)(CCCF)[C@@H](O)C1O. The molecule has 0 radical (unpaired) electrons. The smallest absolute Gasteiger partial charge is 0.122 e. The number of rotatable bonds is 3. The summed E-state index contributed by atoms with van der Waals surface area (Å²) in [5.41, 5.74) is -2.22. The van der Waals surface area contributed by atoms with Crippen molar-refractivity contribution in [1.29, 1.82) is 0 Å². The molecule has 5 unspecified atom stereocenters. The van der Waals surface area contributed by atoms with E-state index in [2.05, 4.69) is 0 Å². The molecule has 1 rings (SSSR count). The van der Waals surface area contributed by atoms with Crippen LogP contribution in [0, 0.1) is 0 Å². The van der Waals surface area contributed by atoms with E-state index in [0.717, 1.165) is 0 Å². The van der Waals surface area contributed by atoms with Gasteiger partial charge in [-0.15, -0.1) is 0 Å². The van der Waals surface area contributed by atoms with E-state index in [1.165, 1.54) is 0 Å². The molecule has 0 aromatic carbocycles. The van der Waals surface area contributed by atoms with Crippen LogP contribution in [0.5, 0.6) is 0 Å². The van der Waals surface area contributed by atoms with Gasteiger partial charge in [0.25, 0.3) is 0 Å². The van der Waals surface area contributed by atoms with Crippen molar-refractivity contribution >= 4 is 0 Å². The molecule has 0 spiro atoms. The Bertz CT molecular complexity index is 222. The lowest BCUT2D eigenvalue weighted by Crippen LogP contribution is -2.70. The van der Waals surface area contributed by atoms with Gasteiger partial charge in [0, 0.05) is 0 Å². The molecule has 1 aliphatic rings. The number of hydrogen-bond donors (Lipinski definition) is 6. The summed E-state index contributed by atoms with van der Waals surface area (Å²) in [7, 11) is 0. The van der Waals surface area contributed by atoms with Crippen molar-refractivity contribution in [3.63, 3.8) is 0 Å². The molecule has 6 atom stereocenters. The van der Waals surface area contributed by atoms with Crippen LogP contribution in [0.15, 0.2) is 0 Å². The minimum absolute atomic E-state index is 0.139. The average molecular weight is 240 g/mol. The van der Waals surface area contributed by atoms with Gasteiger partial charge in [-0.05, 0) is 12.8 Å². The third-order valence-electron chi connectivity index (χ3n) is 3.08. The van der Waals surface area contributed by atoms with Crippen LogP contribution in [0.25, 0.3) is 0 Å². The summed E-state index contributed by atoms with van der Waals surface area (Å²) in [5, 5.41) is 56.9. The summed E-state index contributed by atoms with van der Waals surface area (Å²) < 4.78 is 12.0. The van der Waals surface area contributed by atoms with E-state index in [9.17, 15) is 35.0 Å². The Morgan fingerprint density at radius 1 is 0.875 bits per heavy atom. The Morgan fingerprint density at radius 3 is 1.69 bits per heavy atom. The number of alkyl halides is 1. The molecule has 0 amide bonds. The first kappa shape index (κ1) is 13.8. The summed E-state index contributed by atoms with van der Waals surface area (Å²) in [6.07, 6.45) is -9.48. The average Bonchev–Trinajstić information content (AvgIpc) is 2.29. The van der Waals surface area contributed by atoms with E-state index < -0.39 is 42.8 Å². The Hall–Kier alpha value is -0.310. The Kier molecular flexibility index (Phi) is 4.22. The van der Waals surface area contributed by atoms with Crippen molar-refractivity contribution < 1.29 is 35.0 Å². The van der Waals surface area contributed by atoms with E-state index in [0.29, 0.717) is 0 Å². The lowest BCUT2D eigenvalue weighted by Gasteiger charge is -2.47. The normalized spacial score (nSPS) is 49.3. The van der Waals surface area contributed by atoms with Gasteiger partial charge in [0.1, 0.15) is 36.1 Å². The highest BCUT2D eigenvalue weighted by Gasteiger charge is 2.56. The van der Waals surface area contributed by atoms with Crippen molar-refractivity contribution in [2.45, 2.75) is 49.0 Å². The van der Waals surface area contributed by atoms with Gasteiger partial charge < -0.3 is 30.6 Å². The standard InChI is InChI=1S/C9H17FO6/c10-3-1-2-9(16)7(14)5(12)4(11)6(13)8(9)15/h4-8,11-16H,1-3H2/t4?,5?,6?,7-,8?,9?/m0/s1. The second-order valence-electron chi connectivity index (χ2n) is 4.15. The first-order valence-electron chi connectivity index (χ1n) is 5.05. The summed E-state index contributed by atoms with van der Waals surface area (Å²) >= 11 is 0. The zero-order valence-electron chi connectivity index (χ0n) is 8.57. The van der Waals surface area contributed by atoms with Gasteiger partial charge in [0.2, 0.25) is 0 Å². The number of hydrogen-bond acceptors (Lipinski definition) is 6. The first-order valence-corrected chi connectivity index (χ1v) is 5.05. The van der Waals surface area contributed by atoms with Crippen LogP contribution in [0.3, 0.4) is 0 Å². The van der Waals surface area contributed by atoms with E-state index in [1.807, 2.05) is 0 Å². The van der Waals surface area contributed by atoms with E-state index in [-0.39, 0.29) is 12.8 Å². The minimum atomic E-state index is -2.22. The predicted octanol–water partition coefficient (Wildman–Crippen LogP) is -2.71. The number of aliphatic hydroxyl groups is 6. The fourth-order valence-corrected chi connectivity index (χ4v) is 1.99. The van der Waals surface area contributed by atoms with E-state index >= 15 is 0 Å². The predicted molar refractivity (Wildman–Crippen MR) is 50.2 cm³/mol. The van der Waals surface area contributed by atoms with E-state index in [1.54, 1.807) is 0 Å². The zero-order valence-corrected chi connectivity index (χ0v) is 8.57. The van der Waals surface area contributed by atoms with Crippen molar-refractivity contribution in [2.24, 2.45) is 0 Å². The molecule has 0 heterocycles. The molecule has 0 aliphatic heterocycles. The van der Waals surface area contributed by atoms with Crippen LogP contribution in [0.4, 0.5) is 4.39 Å². The van der Waals surface area contributed by atoms with Gasteiger partial charge in [-0.25, -0.2) is 0 Å². The molecule has 1 saturated carbocycles. The molecule has 7 heteroatoms. The van der Waals surface area contributed by atoms with Crippen LogP contribution in [-0.4, -0.2) is 73.4 Å². The summed E-state index contributed by atoms with van der Waals surface area (Å²) in [6, 6.07) is 0. The lowest BCUT2D eigenvalue weighted by molar-refractivity contribution is -0.270. The highest BCUT2D eigenvalue weighted by atomic mass is 19.1. The monoisotopic (exact) mass is 240 g/mol. The summed E-state index contributed by atoms with van der Waals surface area (Å²) in [6.45, 7) is -0.767. The van der Waals surface area contributed by atoms with Crippen molar-refractivity contribution in [3.05, 3.63) is 0 Å². The fourth-order valence-electron chi connectivity index (χ4n) is 1.99. The topological polar surface area (TPSA) is 121 Å². The maximum Gasteiger partial charge on any atom is 0.122 e. The van der Waals surface area contributed by atoms with Crippen LogP contribution >= 0.6 is 0 Å². The molecule has 6 N–H and O–H groups in total. The Labute approximate surface area is 91.6 Å². The molecule has 0 aromatic heterocycles. The molecule has 1 fully saturated rings. The maximum atomic E-state index is 12.0. The third-order valence-corrected chi connectivity index (χ3v) is 3.08. The van der Waals surface area contributed by atoms with Gasteiger partial charge >= 0.3 is 0 Å². The van der Waals surface area contributed by atoms with Crippen LogP contribution in [0.2, 0.25) is 0 Å². The quantitative estimate of drug-likeness (QED) is 0.319. The molecular formula is C9H17FO6.